The van der Waals surface area contributed by atoms with Crippen LogP contribution in [-0.2, 0) is 16.0 Å². The van der Waals surface area contributed by atoms with Crippen LogP contribution in [0.1, 0.15) is 12.2 Å². The predicted octanol–water partition coefficient (Wildman–Crippen LogP) is 1.55. The molecule has 1 aromatic carbocycles. The molecule has 3 heterocycles. The van der Waals surface area contributed by atoms with Crippen molar-refractivity contribution in [3.05, 3.63) is 36.2 Å². The maximum atomic E-state index is 12.4. The van der Waals surface area contributed by atoms with Gasteiger partial charge in [-0.05, 0) is 24.3 Å². The summed E-state index contributed by atoms with van der Waals surface area (Å²) >= 11 is 0. The molecule has 10 heteroatoms. The van der Waals surface area contributed by atoms with Gasteiger partial charge in [0.25, 0.3) is 0 Å². The predicted molar refractivity (Wildman–Crippen MR) is 110 cm³/mol. The van der Waals surface area contributed by atoms with Crippen molar-refractivity contribution in [2.24, 2.45) is 0 Å². The number of morpholine rings is 1. The molecule has 0 saturated carbocycles. The highest BCUT2D eigenvalue weighted by atomic mass is 16.5. The first-order valence-electron chi connectivity index (χ1n) is 9.74. The number of rotatable bonds is 7. The molecular weight excluding hydrogens is 388 g/mol. The van der Waals surface area contributed by atoms with Crippen LogP contribution < -0.4 is 19.7 Å². The zero-order valence-corrected chi connectivity index (χ0v) is 17.0. The van der Waals surface area contributed by atoms with Gasteiger partial charge in [0, 0.05) is 37.7 Å². The zero-order valence-electron chi connectivity index (χ0n) is 17.0. The Hall–Kier alpha value is -3.40. The number of amides is 1. The van der Waals surface area contributed by atoms with Gasteiger partial charge in [0.1, 0.15) is 5.82 Å². The molecule has 0 atom stereocenters. The van der Waals surface area contributed by atoms with Crippen molar-refractivity contribution in [2.75, 3.05) is 50.7 Å². The zero-order chi connectivity index (χ0) is 20.9. The van der Waals surface area contributed by atoms with Crippen LogP contribution in [0.3, 0.4) is 0 Å². The summed E-state index contributed by atoms with van der Waals surface area (Å²) in [5.74, 6) is 2.51. The maximum absolute atomic E-state index is 12.4. The number of carbonyl (C=O) groups is 1. The summed E-state index contributed by atoms with van der Waals surface area (Å²) in [5.41, 5.74) is 1.29. The molecule has 4 rings (SSSR count). The summed E-state index contributed by atoms with van der Waals surface area (Å²) in [6, 6.07) is 9.06. The molecule has 1 amide bonds. The number of carbonyl (C=O) groups excluding carboxylic acids is 1. The van der Waals surface area contributed by atoms with Crippen molar-refractivity contribution in [1.82, 2.24) is 19.8 Å². The van der Waals surface area contributed by atoms with Crippen LogP contribution in [0.15, 0.2) is 30.3 Å². The Morgan fingerprint density at radius 3 is 2.67 bits per heavy atom. The van der Waals surface area contributed by atoms with Gasteiger partial charge in [0.15, 0.2) is 23.0 Å². The number of aryl methyl sites for hydroxylation is 1. The van der Waals surface area contributed by atoms with Gasteiger partial charge in [-0.3, -0.25) is 4.79 Å². The molecule has 0 unspecified atom stereocenters. The van der Waals surface area contributed by atoms with Gasteiger partial charge in [-0.15, -0.1) is 15.3 Å². The van der Waals surface area contributed by atoms with Crippen molar-refractivity contribution in [3.63, 3.8) is 0 Å². The summed E-state index contributed by atoms with van der Waals surface area (Å²) in [7, 11) is 3.12. The summed E-state index contributed by atoms with van der Waals surface area (Å²) in [6.07, 6.45) is 0.665. The first kappa shape index (κ1) is 19.9. The lowest BCUT2D eigenvalue weighted by molar-refractivity contribution is -0.116. The van der Waals surface area contributed by atoms with Crippen molar-refractivity contribution in [3.8, 4) is 11.5 Å². The third kappa shape index (κ3) is 4.28. The van der Waals surface area contributed by atoms with Crippen molar-refractivity contribution < 1.29 is 19.0 Å². The molecule has 3 aromatic rings. The van der Waals surface area contributed by atoms with Gasteiger partial charge in [0.05, 0.1) is 27.4 Å². The molecule has 0 aliphatic carbocycles. The van der Waals surface area contributed by atoms with E-state index in [1.165, 1.54) is 0 Å². The molecule has 0 radical (unpaired) electrons. The van der Waals surface area contributed by atoms with Gasteiger partial charge in [0.2, 0.25) is 5.91 Å². The van der Waals surface area contributed by atoms with E-state index in [9.17, 15) is 4.79 Å². The Morgan fingerprint density at radius 2 is 1.90 bits per heavy atom. The van der Waals surface area contributed by atoms with Crippen molar-refractivity contribution in [1.29, 1.82) is 0 Å². The number of aromatic nitrogens is 4. The quantitative estimate of drug-likeness (QED) is 0.624. The van der Waals surface area contributed by atoms with Crippen LogP contribution in [0.4, 0.5) is 11.5 Å². The van der Waals surface area contributed by atoms with Gasteiger partial charge >= 0.3 is 0 Å². The van der Waals surface area contributed by atoms with Gasteiger partial charge in [-0.25, -0.2) is 0 Å². The topological polar surface area (TPSA) is 103 Å². The number of anilines is 2. The molecule has 1 fully saturated rings. The third-order valence-electron chi connectivity index (χ3n) is 4.89. The molecule has 30 heavy (non-hydrogen) atoms. The number of fused-ring (bicyclic) bond motifs is 1. The molecule has 1 saturated heterocycles. The minimum Gasteiger partial charge on any atom is -0.493 e. The average Bonchev–Trinajstić information content (AvgIpc) is 3.20. The standard InChI is InChI=1S/C20H24N6O4/c1-28-15-4-3-14(13-16(15)29-2)21-20(27)8-7-18-23-22-17-5-6-19(24-26(17)18)25-9-11-30-12-10-25/h3-6,13H,7-12H2,1-2H3,(H,21,27). The van der Waals surface area contributed by atoms with E-state index in [2.05, 4.69) is 25.5 Å². The minimum atomic E-state index is -0.136. The van der Waals surface area contributed by atoms with E-state index in [1.807, 2.05) is 12.1 Å². The molecular formula is C20H24N6O4. The fraction of sp³-hybridized carbons (Fsp3) is 0.400. The molecule has 1 N–H and O–H groups in total. The number of nitrogens with zero attached hydrogens (tertiary/aromatic N) is 5. The number of hydrogen-bond acceptors (Lipinski definition) is 8. The summed E-state index contributed by atoms with van der Waals surface area (Å²) in [5, 5.41) is 15.9. The smallest absolute Gasteiger partial charge is 0.224 e. The van der Waals surface area contributed by atoms with Crippen LogP contribution in [-0.4, -0.2) is 66.2 Å². The van der Waals surface area contributed by atoms with E-state index in [1.54, 1.807) is 36.9 Å². The van der Waals surface area contributed by atoms with Crippen LogP contribution >= 0.6 is 0 Å². The highest BCUT2D eigenvalue weighted by Gasteiger charge is 2.16. The summed E-state index contributed by atoms with van der Waals surface area (Å²) in [4.78, 5) is 14.6. The van der Waals surface area contributed by atoms with E-state index in [4.69, 9.17) is 14.2 Å². The lowest BCUT2D eigenvalue weighted by Crippen LogP contribution is -2.37. The van der Waals surface area contributed by atoms with Gasteiger partial charge < -0.3 is 24.4 Å². The molecule has 10 nitrogen and oxygen atoms in total. The second-order valence-electron chi connectivity index (χ2n) is 6.80. The number of hydrogen-bond donors (Lipinski definition) is 1. The van der Waals surface area contributed by atoms with Crippen molar-refractivity contribution in [2.45, 2.75) is 12.8 Å². The largest absolute Gasteiger partial charge is 0.493 e. The second kappa shape index (κ2) is 8.95. The molecule has 1 aliphatic rings. The van der Waals surface area contributed by atoms with Crippen LogP contribution in [0.5, 0.6) is 11.5 Å². The highest BCUT2D eigenvalue weighted by molar-refractivity contribution is 5.91. The Labute approximate surface area is 173 Å². The Kier molecular flexibility index (Phi) is 5.94. The summed E-state index contributed by atoms with van der Waals surface area (Å²) in [6.45, 7) is 2.96. The first-order valence-corrected chi connectivity index (χ1v) is 9.74. The maximum Gasteiger partial charge on any atom is 0.224 e. The third-order valence-corrected chi connectivity index (χ3v) is 4.89. The fourth-order valence-electron chi connectivity index (χ4n) is 3.30. The lowest BCUT2D eigenvalue weighted by atomic mass is 10.2. The van der Waals surface area contributed by atoms with Crippen LogP contribution in [0, 0.1) is 0 Å². The Bertz CT molecular complexity index is 1030. The average molecular weight is 412 g/mol. The van der Waals surface area contributed by atoms with Gasteiger partial charge in [-0.2, -0.15) is 4.52 Å². The molecule has 158 valence electrons. The van der Waals surface area contributed by atoms with E-state index in [0.717, 1.165) is 18.9 Å². The number of benzene rings is 1. The molecule has 0 spiro atoms. The number of methoxy groups -OCH3 is 2. The van der Waals surface area contributed by atoms with Gasteiger partial charge in [-0.1, -0.05) is 0 Å². The normalized spacial score (nSPS) is 14.0. The van der Waals surface area contributed by atoms with E-state index in [0.29, 0.717) is 48.3 Å². The van der Waals surface area contributed by atoms with E-state index < -0.39 is 0 Å². The monoisotopic (exact) mass is 412 g/mol. The number of nitrogens with one attached hydrogen (secondary N) is 1. The first-order chi connectivity index (χ1) is 14.7. The SMILES string of the molecule is COc1ccc(NC(=O)CCc2nnc3ccc(N4CCOCC4)nn23)cc1OC. The Morgan fingerprint density at radius 1 is 1.10 bits per heavy atom. The Balaban J connectivity index is 1.42. The van der Waals surface area contributed by atoms with Crippen LogP contribution in [0.2, 0.25) is 0 Å². The summed E-state index contributed by atoms with van der Waals surface area (Å²) < 4.78 is 17.6. The van der Waals surface area contributed by atoms with E-state index in [-0.39, 0.29) is 12.3 Å². The molecule has 2 aromatic heterocycles. The highest BCUT2D eigenvalue weighted by Crippen LogP contribution is 2.29. The fourth-order valence-corrected chi connectivity index (χ4v) is 3.30. The minimum absolute atomic E-state index is 0.136. The second-order valence-corrected chi connectivity index (χ2v) is 6.80. The van der Waals surface area contributed by atoms with Crippen LogP contribution in [0.25, 0.3) is 5.65 Å². The van der Waals surface area contributed by atoms with E-state index >= 15 is 0 Å². The lowest BCUT2D eigenvalue weighted by Gasteiger charge is -2.27. The molecule has 1 aliphatic heterocycles. The number of ether oxygens (including phenoxy) is 3. The van der Waals surface area contributed by atoms with Crippen molar-refractivity contribution >= 4 is 23.1 Å². The molecule has 0 bridgehead atoms.